The molecule has 3 aliphatic rings. The molecule has 6 atom stereocenters. The molecule has 3 heterocycles. The smallest absolute Gasteiger partial charge is 0.384 e. The normalized spacial score (nSPS) is 31.3. The first-order valence-corrected chi connectivity index (χ1v) is 13.5. The molecule has 2 bridgehead atoms. The quantitative estimate of drug-likeness (QED) is 0.176. The van der Waals surface area contributed by atoms with Crippen LogP contribution in [0.5, 0.6) is 0 Å². The van der Waals surface area contributed by atoms with Gasteiger partial charge in [-0.05, 0) is 45.4 Å². The molecule has 0 saturated heterocycles. The summed E-state index contributed by atoms with van der Waals surface area (Å²) in [5.74, 6) is 4.77. The fraction of sp³-hybridized carbons (Fsp3) is 0.581. The molecular weight excluding hydrogens is 484 g/mol. The molecule has 0 spiro atoms. The molecule has 0 unspecified atom stereocenters. The number of hydrogen-bond donors (Lipinski definition) is 1. The summed E-state index contributed by atoms with van der Waals surface area (Å²) in [4.78, 5) is 12.6. The Labute approximate surface area is 227 Å². The van der Waals surface area contributed by atoms with Gasteiger partial charge in [-0.3, -0.25) is 0 Å². The molecular formula is C31H42O7. The van der Waals surface area contributed by atoms with E-state index < -0.39 is 18.2 Å². The third-order valence-corrected chi connectivity index (χ3v) is 6.70. The Morgan fingerprint density at radius 3 is 2.92 bits per heavy atom. The van der Waals surface area contributed by atoms with Crippen LogP contribution < -0.4 is 0 Å². The average Bonchev–Trinajstić information content (AvgIpc) is 2.89. The predicted octanol–water partition coefficient (Wildman–Crippen LogP) is 4.72. The second-order valence-corrected chi connectivity index (χ2v) is 10.0. The fourth-order valence-corrected chi connectivity index (χ4v) is 4.61. The molecule has 7 nitrogen and oxygen atoms in total. The van der Waals surface area contributed by atoms with E-state index in [1.165, 1.54) is 5.57 Å². The molecule has 0 fully saturated rings. The summed E-state index contributed by atoms with van der Waals surface area (Å²) >= 11 is 0. The van der Waals surface area contributed by atoms with Gasteiger partial charge in [-0.25, -0.2) is 4.79 Å². The lowest BCUT2D eigenvalue weighted by atomic mass is 9.99. The lowest BCUT2D eigenvalue weighted by Crippen LogP contribution is -2.30. The summed E-state index contributed by atoms with van der Waals surface area (Å²) in [6.45, 7) is 7.00. The minimum atomic E-state index is -1.02. The molecule has 0 aromatic rings. The van der Waals surface area contributed by atoms with Crippen LogP contribution in [0.25, 0.3) is 0 Å². The number of fused-ring (bicyclic) bond motifs is 2. The minimum absolute atomic E-state index is 0.120. The molecule has 3 rings (SSSR count). The van der Waals surface area contributed by atoms with Gasteiger partial charge in [0.15, 0.2) is 0 Å². The molecule has 0 aliphatic carbocycles. The first kappa shape index (κ1) is 30.1. The summed E-state index contributed by atoms with van der Waals surface area (Å²) in [7, 11) is 1.58. The third kappa shape index (κ3) is 11.1. The van der Waals surface area contributed by atoms with Gasteiger partial charge in [0.25, 0.3) is 0 Å². The van der Waals surface area contributed by atoms with Crippen molar-refractivity contribution < 1.29 is 33.6 Å². The number of hydrogen-bond acceptors (Lipinski definition) is 7. The lowest BCUT2D eigenvalue weighted by Gasteiger charge is -2.25. The molecule has 208 valence electrons. The van der Waals surface area contributed by atoms with Crippen molar-refractivity contribution >= 4 is 5.97 Å². The maximum atomic E-state index is 12.6. The summed E-state index contributed by atoms with van der Waals surface area (Å²) in [5.41, 5.74) is 2.33. The van der Waals surface area contributed by atoms with E-state index in [4.69, 9.17) is 23.7 Å². The van der Waals surface area contributed by atoms with Crippen molar-refractivity contribution in [2.24, 2.45) is 0 Å². The van der Waals surface area contributed by atoms with Gasteiger partial charge in [0, 0.05) is 25.9 Å². The van der Waals surface area contributed by atoms with Gasteiger partial charge < -0.3 is 28.8 Å². The minimum Gasteiger partial charge on any atom is -0.449 e. The molecule has 7 heteroatoms. The van der Waals surface area contributed by atoms with Crippen molar-refractivity contribution in [2.75, 3.05) is 20.5 Å². The van der Waals surface area contributed by atoms with Gasteiger partial charge in [0.1, 0.15) is 19.0 Å². The number of carbonyl (C=O) groups is 1. The van der Waals surface area contributed by atoms with Crippen LogP contribution >= 0.6 is 0 Å². The van der Waals surface area contributed by atoms with Gasteiger partial charge in [-0.15, -0.1) is 0 Å². The van der Waals surface area contributed by atoms with Crippen LogP contribution in [0, 0.1) is 11.8 Å². The highest BCUT2D eigenvalue weighted by atomic mass is 16.7. The Morgan fingerprint density at radius 2 is 2.11 bits per heavy atom. The van der Waals surface area contributed by atoms with E-state index in [-0.39, 0.29) is 31.2 Å². The van der Waals surface area contributed by atoms with E-state index in [1.807, 2.05) is 30.4 Å². The number of methoxy groups -OCH3 is 1. The summed E-state index contributed by atoms with van der Waals surface area (Å²) < 4.78 is 28.4. The molecule has 0 aromatic heterocycles. The molecule has 0 aromatic carbocycles. The average molecular weight is 527 g/mol. The van der Waals surface area contributed by atoms with Crippen molar-refractivity contribution in [1.82, 2.24) is 0 Å². The Bertz CT molecular complexity index is 951. The van der Waals surface area contributed by atoms with Crippen LogP contribution in [0.3, 0.4) is 0 Å². The van der Waals surface area contributed by atoms with Crippen molar-refractivity contribution in [1.29, 1.82) is 0 Å². The Kier molecular flexibility index (Phi) is 13.0. The van der Waals surface area contributed by atoms with Gasteiger partial charge in [0.2, 0.25) is 0 Å². The number of carbonyl (C=O) groups excluding carboxylic acids is 1. The van der Waals surface area contributed by atoms with Gasteiger partial charge in [-0.2, -0.15) is 0 Å². The molecule has 0 radical (unpaired) electrons. The predicted molar refractivity (Wildman–Crippen MR) is 146 cm³/mol. The van der Waals surface area contributed by atoms with Gasteiger partial charge in [-0.1, -0.05) is 66.2 Å². The van der Waals surface area contributed by atoms with E-state index in [1.54, 1.807) is 13.2 Å². The Hall–Kier alpha value is -2.47. The van der Waals surface area contributed by atoms with Crippen molar-refractivity contribution in [3.05, 3.63) is 60.3 Å². The fourth-order valence-electron chi connectivity index (χ4n) is 4.61. The van der Waals surface area contributed by atoms with E-state index in [9.17, 15) is 9.90 Å². The van der Waals surface area contributed by atoms with Crippen LogP contribution in [-0.4, -0.2) is 68.2 Å². The van der Waals surface area contributed by atoms with E-state index in [2.05, 4.69) is 31.4 Å². The topological polar surface area (TPSA) is 83.5 Å². The first-order chi connectivity index (χ1) is 18.4. The highest BCUT2D eigenvalue weighted by molar-refractivity contribution is 5.88. The standard InChI is InChI=1S/C31H42O7/c1-23-8-4-9-25-10-5-11-26(37-25)12-7-15-31(33)38-30(14-6-13-27(20-23)36-22-34-3)29(32)17-16-28-21-24(2)18-19-35-28/h5-6,11,13,16-18,25-30,32H,1,4,8-10,12,14,19-22H2,2-3H3/b13-6+,17-16+/t25-,26+,27-,28-,29+,30+/m1/s1. The molecule has 3 aliphatic heterocycles. The number of esters is 1. The number of ether oxygens (including phenoxy) is 5. The van der Waals surface area contributed by atoms with Gasteiger partial charge >= 0.3 is 5.97 Å². The summed E-state index contributed by atoms with van der Waals surface area (Å²) in [5, 5.41) is 10.9. The van der Waals surface area contributed by atoms with Gasteiger partial charge in [0.05, 0.1) is 31.0 Å². The SMILES string of the molecule is C=C1CCC[C@@H]2CC=C[C@@H](CC#CC(=O)O[C@H]([C@@H](O)/C=C/[C@@H]3CC(C)=CCO3)C/C=C/[C@@H](OCOC)C1)O2. The number of aliphatic hydroxyl groups excluding tert-OH is 1. The molecule has 38 heavy (non-hydrogen) atoms. The number of rotatable bonds is 6. The summed E-state index contributed by atoms with van der Waals surface area (Å²) in [6.07, 6.45) is 17.0. The van der Waals surface area contributed by atoms with E-state index in [0.717, 1.165) is 37.7 Å². The third-order valence-electron chi connectivity index (χ3n) is 6.70. The highest BCUT2D eigenvalue weighted by Crippen LogP contribution is 2.22. The maximum absolute atomic E-state index is 12.6. The van der Waals surface area contributed by atoms with Crippen LogP contribution in [0.2, 0.25) is 0 Å². The van der Waals surface area contributed by atoms with Crippen LogP contribution in [0.4, 0.5) is 0 Å². The second kappa shape index (κ2) is 16.5. The Balaban J connectivity index is 1.74. The lowest BCUT2D eigenvalue weighted by molar-refractivity contribution is -0.145. The zero-order valence-corrected chi connectivity index (χ0v) is 22.7. The van der Waals surface area contributed by atoms with Crippen molar-refractivity contribution in [3.63, 3.8) is 0 Å². The first-order valence-electron chi connectivity index (χ1n) is 13.5. The van der Waals surface area contributed by atoms with Crippen LogP contribution in [0.15, 0.2) is 60.3 Å². The second-order valence-electron chi connectivity index (χ2n) is 10.0. The van der Waals surface area contributed by atoms with E-state index in [0.29, 0.717) is 25.9 Å². The van der Waals surface area contributed by atoms with E-state index >= 15 is 0 Å². The molecule has 1 N–H and O–H groups in total. The zero-order valence-electron chi connectivity index (χ0n) is 22.7. The molecule has 0 saturated carbocycles. The Morgan fingerprint density at radius 1 is 1.26 bits per heavy atom. The summed E-state index contributed by atoms with van der Waals surface area (Å²) in [6, 6.07) is 0. The highest BCUT2D eigenvalue weighted by Gasteiger charge is 2.22. The van der Waals surface area contributed by atoms with Crippen LogP contribution in [-0.2, 0) is 28.5 Å². The van der Waals surface area contributed by atoms with Crippen molar-refractivity contribution in [3.8, 4) is 11.8 Å². The van der Waals surface area contributed by atoms with Crippen molar-refractivity contribution in [2.45, 2.75) is 94.9 Å². The largest absolute Gasteiger partial charge is 0.449 e. The monoisotopic (exact) mass is 526 g/mol. The molecule has 0 amide bonds. The zero-order chi connectivity index (χ0) is 27.2. The maximum Gasteiger partial charge on any atom is 0.384 e. The number of cyclic esters (lactones) is 1. The van der Waals surface area contributed by atoms with Crippen LogP contribution in [0.1, 0.15) is 58.3 Å². The number of aliphatic hydroxyl groups is 1.